The SMILES string of the molecule is COC(=O)C(c1ccccc1)N1CC(c2cc(Cl)ccc2O)C(c2ccccc2Br)C1. The van der Waals surface area contributed by atoms with Gasteiger partial charge >= 0.3 is 5.97 Å². The minimum Gasteiger partial charge on any atom is -0.508 e. The molecule has 0 saturated carbocycles. The van der Waals surface area contributed by atoms with Gasteiger partial charge < -0.3 is 9.84 Å². The topological polar surface area (TPSA) is 49.8 Å². The largest absolute Gasteiger partial charge is 0.508 e. The molecule has 3 atom stereocenters. The van der Waals surface area contributed by atoms with Gasteiger partial charge in [0.05, 0.1) is 7.11 Å². The number of esters is 1. The number of carbonyl (C=O) groups is 1. The first kappa shape index (κ1) is 21.9. The zero-order valence-electron chi connectivity index (χ0n) is 17.0. The molecule has 1 aliphatic rings. The Balaban J connectivity index is 1.79. The number of likely N-dealkylation sites (tertiary alicyclic amines) is 1. The maximum Gasteiger partial charge on any atom is 0.327 e. The van der Waals surface area contributed by atoms with Crippen molar-refractivity contribution in [3.05, 3.63) is 99.0 Å². The van der Waals surface area contributed by atoms with Crippen molar-refractivity contribution in [1.82, 2.24) is 4.90 Å². The first-order valence-electron chi connectivity index (χ1n) is 10.1. The van der Waals surface area contributed by atoms with Gasteiger partial charge in [0.1, 0.15) is 11.8 Å². The van der Waals surface area contributed by atoms with Gasteiger partial charge in [-0.05, 0) is 35.4 Å². The van der Waals surface area contributed by atoms with Gasteiger partial charge in [-0.2, -0.15) is 0 Å². The minimum absolute atomic E-state index is 0.0479. The number of phenols is 1. The fourth-order valence-electron chi connectivity index (χ4n) is 4.52. The molecular formula is C25H23BrClNO3. The van der Waals surface area contributed by atoms with Crippen LogP contribution >= 0.6 is 27.5 Å². The number of halogens is 2. The molecule has 0 amide bonds. The molecule has 0 radical (unpaired) electrons. The van der Waals surface area contributed by atoms with Crippen LogP contribution < -0.4 is 0 Å². The Kier molecular flexibility index (Phi) is 6.65. The number of benzene rings is 3. The Bertz CT molecular complexity index is 1080. The number of ether oxygens (including phenoxy) is 1. The maximum atomic E-state index is 12.8. The normalized spacial score (nSPS) is 19.8. The van der Waals surface area contributed by atoms with Crippen LogP contribution in [-0.4, -0.2) is 36.2 Å². The second kappa shape index (κ2) is 9.43. The molecule has 0 bridgehead atoms. The Morgan fingerprint density at radius 3 is 2.35 bits per heavy atom. The van der Waals surface area contributed by atoms with Crippen molar-refractivity contribution in [2.45, 2.75) is 17.9 Å². The summed E-state index contributed by atoms with van der Waals surface area (Å²) in [5, 5.41) is 11.2. The van der Waals surface area contributed by atoms with Gasteiger partial charge in [0.15, 0.2) is 0 Å². The summed E-state index contributed by atoms with van der Waals surface area (Å²) < 4.78 is 6.17. The first-order valence-corrected chi connectivity index (χ1v) is 11.3. The summed E-state index contributed by atoms with van der Waals surface area (Å²) >= 11 is 9.97. The summed E-state index contributed by atoms with van der Waals surface area (Å²) in [6.45, 7) is 1.21. The van der Waals surface area contributed by atoms with Crippen molar-refractivity contribution in [3.63, 3.8) is 0 Å². The fraction of sp³-hybridized carbons (Fsp3) is 0.240. The van der Waals surface area contributed by atoms with Crippen LogP contribution in [0.2, 0.25) is 5.02 Å². The lowest BCUT2D eigenvalue weighted by atomic mass is 9.84. The summed E-state index contributed by atoms with van der Waals surface area (Å²) in [4.78, 5) is 15.0. The monoisotopic (exact) mass is 499 g/mol. The second-order valence-corrected chi connectivity index (χ2v) is 9.02. The van der Waals surface area contributed by atoms with Crippen LogP contribution in [-0.2, 0) is 9.53 Å². The summed E-state index contributed by atoms with van der Waals surface area (Å²) in [5.74, 6) is -0.0836. The minimum atomic E-state index is -0.525. The number of aromatic hydroxyl groups is 1. The quantitative estimate of drug-likeness (QED) is 0.443. The van der Waals surface area contributed by atoms with Gasteiger partial charge in [-0.3, -0.25) is 4.90 Å². The van der Waals surface area contributed by atoms with E-state index in [-0.39, 0.29) is 23.6 Å². The Hall–Kier alpha value is -2.34. The molecule has 1 fully saturated rings. The van der Waals surface area contributed by atoms with Gasteiger partial charge in [-0.15, -0.1) is 0 Å². The zero-order valence-corrected chi connectivity index (χ0v) is 19.4. The number of rotatable bonds is 5. The molecule has 160 valence electrons. The highest BCUT2D eigenvalue weighted by atomic mass is 79.9. The summed E-state index contributed by atoms with van der Waals surface area (Å²) in [7, 11) is 1.42. The highest BCUT2D eigenvalue weighted by Crippen LogP contribution is 2.47. The van der Waals surface area contributed by atoms with Gasteiger partial charge in [-0.1, -0.05) is 76.1 Å². The van der Waals surface area contributed by atoms with Crippen molar-refractivity contribution in [3.8, 4) is 5.75 Å². The highest BCUT2D eigenvalue weighted by Gasteiger charge is 2.42. The third-order valence-corrected chi connectivity index (χ3v) is 6.90. The number of phenolic OH excluding ortho intramolecular Hbond substituents is 1. The van der Waals surface area contributed by atoms with Crippen molar-refractivity contribution in [2.75, 3.05) is 20.2 Å². The standard InChI is InChI=1S/C25H23BrClNO3/c1-31-25(30)24(16-7-3-2-4-8-16)28-14-20(18-9-5-6-10-22(18)26)21(15-28)19-13-17(27)11-12-23(19)29/h2-13,20-21,24,29H,14-15H2,1H3. The first-order chi connectivity index (χ1) is 15.0. The van der Waals surface area contributed by atoms with Gasteiger partial charge in [0.25, 0.3) is 0 Å². The molecule has 3 unspecified atom stereocenters. The van der Waals surface area contributed by atoms with E-state index in [0.29, 0.717) is 18.1 Å². The highest BCUT2D eigenvalue weighted by molar-refractivity contribution is 9.10. The molecule has 1 aliphatic heterocycles. The average Bonchev–Trinajstić information content (AvgIpc) is 3.20. The third-order valence-electron chi connectivity index (χ3n) is 5.95. The number of hydrogen-bond acceptors (Lipinski definition) is 4. The number of carbonyl (C=O) groups excluding carboxylic acids is 1. The number of methoxy groups -OCH3 is 1. The van der Waals surface area contributed by atoms with E-state index in [1.807, 2.05) is 54.6 Å². The predicted octanol–water partition coefficient (Wildman–Crippen LogP) is 5.91. The molecule has 0 aromatic heterocycles. The van der Waals surface area contributed by atoms with E-state index in [0.717, 1.165) is 21.2 Å². The maximum absolute atomic E-state index is 12.8. The van der Waals surface area contributed by atoms with Crippen LogP contribution in [0.5, 0.6) is 5.75 Å². The Labute approximate surface area is 195 Å². The van der Waals surface area contributed by atoms with Gasteiger partial charge in [0.2, 0.25) is 0 Å². The Morgan fingerprint density at radius 2 is 1.68 bits per heavy atom. The zero-order chi connectivity index (χ0) is 22.0. The van der Waals surface area contributed by atoms with Crippen molar-refractivity contribution in [2.24, 2.45) is 0 Å². The van der Waals surface area contributed by atoms with E-state index in [9.17, 15) is 9.90 Å². The summed E-state index contributed by atoms with van der Waals surface area (Å²) in [6, 6.07) is 22.4. The molecule has 4 rings (SSSR count). The second-order valence-electron chi connectivity index (χ2n) is 7.73. The molecular weight excluding hydrogens is 478 g/mol. The third kappa shape index (κ3) is 4.49. The molecule has 3 aromatic rings. The molecule has 6 heteroatoms. The molecule has 1 saturated heterocycles. The molecule has 1 heterocycles. The van der Waals surface area contributed by atoms with Crippen LogP contribution in [0.25, 0.3) is 0 Å². The van der Waals surface area contributed by atoms with Gasteiger partial charge in [-0.25, -0.2) is 4.79 Å². The Morgan fingerprint density at radius 1 is 1.03 bits per heavy atom. The fourth-order valence-corrected chi connectivity index (χ4v) is 5.28. The number of nitrogens with zero attached hydrogens (tertiary/aromatic N) is 1. The summed E-state index contributed by atoms with van der Waals surface area (Å²) in [6.07, 6.45) is 0. The molecule has 1 N–H and O–H groups in total. The van der Waals surface area contributed by atoms with E-state index >= 15 is 0 Å². The molecule has 0 aliphatic carbocycles. The van der Waals surface area contributed by atoms with E-state index in [4.69, 9.17) is 16.3 Å². The van der Waals surface area contributed by atoms with E-state index in [1.54, 1.807) is 12.1 Å². The molecule has 31 heavy (non-hydrogen) atoms. The van der Waals surface area contributed by atoms with Crippen LogP contribution in [0.15, 0.2) is 77.3 Å². The smallest absolute Gasteiger partial charge is 0.327 e. The lowest BCUT2D eigenvalue weighted by Crippen LogP contribution is -2.33. The van der Waals surface area contributed by atoms with Crippen molar-refractivity contribution in [1.29, 1.82) is 0 Å². The van der Waals surface area contributed by atoms with Crippen molar-refractivity contribution >= 4 is 33.5 Å². The lowest BCUT2D eigenvalue weighted by Gasteiger charge is -2.26. The van der Waals surface area contributed by atoms with E-state index < -0.39 is 6.04 Å². The van der Waals surface area contributed by atoms with Crippen LogP contribution in [0.3, 0.4) is 0 Å². The molecule has 0 spiro atoms. The molecule has 4 nitrogen and oxygen atoms in total. The van der Waals surface area contributed by atoms with E-state index in [1.165, 1.54) is 7.11 Å². The summed E-state index contributed by atoms with van der Waals surface area (Å²) in [5.41, 5.74) is 2.80. The van der Waals surface area contributed by atoms with E-state index in [2.05, 4.69) is 26.9 Å². The lowest BCUT2D eigenvalue weighted by molar-refractivity contribution is -0.146. The van der Waals surface area contributed by atoms with Gasteiger partial charge in [0, 0.05) is 40.0 Å². The van der Waals surface area contributed by atoms with Crippen LogP contribution in [0.4, 0.5) is 0 Å². The van der Waals surface area contributed by atoms with Crippen molar-refractivity contribution < 1.29 is 14.6 Å². The predicted molar refractivity (Wildman–Crippen MR) is 126 cm³/mol. The van der Waals surface area contributed by atoms with Crippen LogP contribution in [0, 0.1) is 0 Å². The number of hydrogen-bond donors (Lipinski definition) is 1. The molecule has 3 aromatic carbocycles. The average molecular weight is 501 g/mol. The van der Waals surface area contributed by atoms with Crippen LogP contribution in [0.1, 0.15) is 34.6 Å².